The van der Waals surface area contributed by atoms with Gasteiger partial charge in [-0.3, -0.25) is 4.79 Å². The van der Waals surface area contributed by atoms with Gasteiger partial charge in [0.25, 0.3) is 0 Å². The van der Waals surface area contributed by atoms with Gasteiger partial charge in [-0.1, -0.05) is 31.7 Å². The van der Waals surface area contributed by atoms with E-state index in [9.17, 15) is 4.79 Å². The normalized spacial score (nSPS) is 11.0. The van der Waals surface area contributed by atoms with E-state index in [2.05, 4.69) is 40.0 Å². The number of rotatable bonds is 7. The van der Waals surface area contributed by atoms with Crippen molar-refractivity contribution >= 4 is 33.7 Å². The maximum atomic E-state index is 10.6. The van der Waals surface area contributed by atoms with Gasteiger partial charge in [0.15, 0.2) is 11.0 Å². The Morgan fingerprint density at radius 3 is 2.78 bits per heavy atom. The third-order valence-electron chi connectivity index (χ3n) is 3.23. The van der Waals surface area contributed by atoms with E-state index < -0.39 is 5.97 Å². The first-order chi connectivity index (χ1) is 10.9. The van der Waals surface area contributed by atoms with Gasteiger partial charge in [-0.25, -0.2) is 0 Å². The molecule has 6 nitrogen and oxygen atoms in total. The summed E-state index contributed by atoms with van der Waals surface area (Å²) in [6, 6.07) is 6.01. The van der Waals surface area contributed by atoms with E-state index in [0.717, 1.165) is 22.0 Å². The predicted molar refractivity (Wildman–Crippen MR) is 91.9 cm³/mol. The van der Waals surface area contributed by atoms with Crippen LogP contribution in [0.4, 0.5) is 0 Å². The molecule has 1 N–H and O–H groups in total. The molecule has 0 fully saturated rings. The fraction of sp³-hybridized carbons (Fsp3) is 0.400. The van der Waals surface area contributed by atoms with E-state index in [1.807, 2.05) is 18.2 Å². The van der Waals surface area contributed by atoms with E-state index in [1.54, 1.807) is 11.6 Å². The SMILES string of the molecule is CC(C)c1ccc(OCc2nnc(SCC(=O)O)n2C)c(Br)c1. The highest BCUT2D eigenvalue weighted by atomic mass is 79.9. The molecule has 0 aliphatic rings. The molecule has 2 rings (SSSR count). The molecule has 0 saturated heterocycles. The molecule has 0 aliphatic heterocycles. The minimum Gasteiger partial charge on any atom is -0.484 e. The topological polar surface area (TPSA) is 77.2 Å². The van der Waals surface area contributed by atoms with Crippen molar-refractivity contribution in [2.45, 2.75) is 31.5 Å². The average molecular weight is 400 g/mol. The van der Waals surface area contributed by atoms with E-state index in [4.69, 9.17) is 9.84 Å². The number of nitrogens with zero attached hydrogens (tertiary/aromatic N) is 3. The van der Waals surface area contributed by atoms with E-state index in [-0.39, 0.29) is 12.4 Å². The van der Waals surface area contributed by atoms with Crippen molar-refractivity contribution in [1.82, 2.24) is 14.8 Å². The Morgan fingerprint density at radius 1 is 1.43 bits per heavy atom. The summed E-state index contributed by atoms with van der Waals surface area (Å²) in [6.45, 7) is 4.53. The maximum Gasteiger partial charge on any atom is 0.313 e. The van der Waals surface area contributed by atoms with Crippen LogP contribution in [0.2, 0.25) is 0 Å². The lowest BCUT2D eigenvalue weighted by Crippen LogP contribution is -2.05. The van der Waals surface area contributed by atoms with Crippen LogP contribution < -0.4 is 4.74 Å². The molecular formula is C15H18BrN3O3S. The molecule has 0 atom stereocenters. The van der Waals surface area contributed by atoms with Crippen LogP contribution in [0, 0.1) is 0 Å². The van der Waals surface area contributed by atoms with Crippen LogP contribution in [0.3, 0.4) is 0 Å². The fourth-order valence-electron chi connectivity index (χ4n) is 1.86. The van der Waals surface area contributed by atoms with Crippen molar-refractivity contribution in [1.29, 1.82) is 0 Å². The summed E-state index contributed by atoms with van der Waals surface area (Å²) in [5.74, 6) is 0.891. The number of ether oxygens (including phenoxy) is 1. The van der Waals surface area contributed by atoms with Gasteiger partial charge in [-0.05, 0) is 39.5 Å². The number of benzene rings is 1. The first-order valence-electron chi connectivity index (χ1n) is 7.03. The Bertz CT molecular complexity index is 703. The minimum absolute atomic E-state index is 0.0466. The van der Waals surface area contributed by atoms with Crippen molar-refractivity contribution in [2.24, 2.45) is 7.05 Å². The smallest absolute Gasteiger partial charge is 0.313 e. The van der Waals surface area contributed by atoms with Crippen LogP contribution in [-0.2, 0) is 18.4 Å². The molecular weight excluding hydrogens is 382 g/mol. The predicted octanol–water partition coefficient (Wildman–Crippen LogP) is 3.46. The van der Waals surface area contributed by atoms with Crippen molar-refractivity contribution in [2.75, 3.05) is 5.75 Å². The lowest BCUT2D eigenvalue weighted by atomic mass is 10.0. The van der Waals surface area contributed by atoms with Gasteiger partial charge in [0.2, 0.25) is 0 Å². The molecule has 124 valence electrons. The number of thioether (sulfide) groups is 1. The van der Waals surface area contributed by atoms with Crippen LogP contribution in [-0.4, -0.2) is 31.6 Å². The summed E-state index contributed by atoms with van der Waals surface area (Å²) in [4.78, 5) is 10.6. The Kier molecular flexibility index (Phi) is 6.06. The molecule has 0 saturated carbocycles. The molecule has 0 unspecified atom stereocenters. The highest BCUT2D eigenvalue weighted by Gasteiger charge is 2.12. The summed E-state index contributed by atoms with van der Waals surface area (Å²) in [7, 11) is 1.79. The summed E-state index contributed by atoms with van der Waals surface area (Å²) >= 11 is 4.65. The second-order valence-corrected chi connectivity index (χ2v) is 7.07. The van der Waals surface area contributed by atoms with E-state index in [0.29, 0.717) is 16.9 Å². The zero-order chi connectivity index (χ0) is 17.0. The number of hydrogen-bond donors (Lipinski definition) is 1. The van der Waals surface area contributed by atoms with Crippen LogP contribution in [0.5, 0.6) is 5.75 Å². The fourth-order valence-corrected chi connectivity index (χ4v) is 3.02. The third-order valence-corrected chi connectivity index (χ3v) is 4.85. The molecule has 1 heterocycles. The molecule has 2 aromatic rings. The number of hydrogen-bond acceptors (Lipinski definition) is 5. The third kappa shape index (κ3) is 4.71. The molecule has 0 radical (unpaired) electrons. The molecule has 1 aromatic carbocycles. The molecule has 0 spiro atoms. The largest absolute Gasteiger partial charge is 0.484 e. The molecule has 23 heavy (non-hydrogen) atoms. The summed E-state index contributed by atoms with van der Waals surface area (Å²) in [5.41, 5.74) is 1.23. The van der Waals surface area contributed by atoms with Crippen molar-refractivity contribution in [3.05, 3.63) is 34.1 Å². The first kappa shape index (κ1) is 17.8. The first-order valence-corrected chi connectivity index (χ1v) is 8.81. The van der Waals surface area contributed by atoms with Crippen molar-refractivity contribution < 1.29 is 14.6 Å². The standard InChI is InChI=1S/C15H18BrN3O3S/c1-9(2)10-4-5-12(11(16)6-10)22-7-13-17-18-15(19(13)3)23-8-14(20)21/h4-6,9H,7-8H2,1-3H3,(H,20,21). The number of carbonyl (C=O) groups is 1. The molecule has 1 aromatic heterocycles. The zero-order valence-corrected chi connectivity index (χ0v) is 15.5. The van der Waals surface area contributed by atoms with Gasteiger partial charge in [0.1, 0.15) is 12.4 Å². The van der Waals surface area contributed by atoms with Crippen molar-refractivity contribution in [3.63, 3.8) is 0 Å². The van der Waals surface area contributed by atoms with Gasteiger partial charge in [-0.2, -0.15) is 0 Å². The quantitative estimate of drug-likeness (QED) is 0.718. The van der Waals surface area contributed by atoms with Gasteiger partial charge in [0.05, 0.1) is 10.2 Å². The van der Waals surface area contributed by atoms with Crippen LogP contribution in [0.1, 0.15) is 31.2 Å². The number of aromatic nitrogens is 3. The van der Waals surface area contributed by atoms with Crippen LogP contribution >= 0.6 is 27.7 Å². The Labute approximate surface area is 147 Å². The minimum atomic E-state index is -0.884. The molecule has 0 bridgehead atoms. The summed E-state index contributed by atoms with van der Waals surface area (Å²) in [5, 5.41) is 17.3. The Morgan fingerprint density at radius 2 is 2.17 bits per heavy atom. The van der Waals surface area contributed by atoms with E-state index in [1.165, 1.54) is 5.56 Å². The number of halogens is 1. The lowest BCUT2D eigenvalue weighted by molar-refractivity contribution is -0.133. The van der Waals surface area contributed by atoms with Gasteiger partial charge in [-0.15, -0.1) is 10.2 Å². The maximum absolute atomic E-state index is 10.6. The highest BCUT2D eigenvalue weighted by molar-refractivity contribution is 9.10. The monoisotopic (exact) mass is 399 g/mol. The van der Waals surface area contributed by atoms with Gasteiger partial charge >= 0.3 is 5.97 Å². The van der Waals surface area contributed by atoms with Crippen LogP contribution in [0.25, 0.3) is 0 Å². The Balaban J connectivity index is 2.02. The lowest BCUT2D eigenvalue weighted by Gasteiger charge is -2.11. The van der Waals surface area contributed by atoms with Gasteiger partial charge in [0, 0.05) is 7.05 Å². The second-order valence-electron chi connectivity index (χ2n) is 5.27. The van der Waals surface area contributed by atoms with Crippen LogP contribution in [0.15, 0.2) is 27.8 Å². The van der Waals surface area contributed by atoms with E-state index >= 15 is 0 Å². The second kappa shape index (κ2) is 7.83. The summed E-state index contributed by atoms with van der Waals surface area (Å²) < 4.78 is 8.42. The number of carboxylic acids is 1. The number of carboxylic acid groups (broad SMARTS) is 1. The highest BCUT2D eigenvalue weighted by Crippen LogP contribution is 2.29. The van der Waals surface area contributed by atoms with Gasteiger partial charge < -0.3 is 14.4 Å². The molecule has 0 aliphatic carbocycles. The summed E-state index contributed by atoms with van der Waals surface area (Å²) in [6.07, 6.45) is 0. The zero-order valence-electron chi connectivity index (χ0n) is 13.1. The molecule has 8 heteroatoms. The van der Waals surface area contributed by atoms with Crippen molar-refractivity contribution in [3.8, 4) is 5.75 Å². The number of aliphatic carboxylic acids is 1. The average Bonchev–Trinajstić information content (AvgIpc) is 2.84. The molecule has 0 amide bonds. The Hall–Kier alpha value is -1.54.